The molecule has 0 fully saturated rings. The number of imide groups is 1. The number of rotatable bonds is 8. The fraction of sp³-hybridized carbons (Fsp3) is 0.421. The SMILES string of the molecule is CC[C@@H](C)[C@@H](NC(=O)COC(=O)CN1C(=O)c2ccccc2C1=O)C(=O)OC. The molecule has 0 aliphatic carbocycles. The quantitative estimate of drug-likeness (QED) is 0.508. The molecule has 3 amide bonds. The zero-order valence-corrected chi connectivity index (χ0v) is 15.9. The molecule has 2 rings (SSSR count). The van der Waals surface area contributed by atoms with Gasteiger partial charge in [0.05, 0.1) is 18.2 Å². The van der Waals surface area contributed by atoms with Crippen LogP contribution in [0.25, 0.3) is 0 Å². The summed E-state index contributed by atoms with van der Waals surface area (Å²) in [4.78, 5) is 60.9. The maximum atomic E-state index is 12.2. The van der Waals surface area contributed by atoms with E-state index >= 15 is 0 Å². The Morgan fingerprint density at radius 1 is 1.11 bits per heavy atom. The number of amides is 3. The molecule has 0 saturated carbocycles. The highest BCUT2D eigenvalue weighted by Gasteiger charge is 2.36. The van der Waals surface area contributed by atoms with Gasteiger partial charge in [-0.25, -0.2) is 4.79 Å². The van der Waals surface area contributed by atoms with Crippen molar-refractivity contribution in [3.8, 4) is 0 Å². The summed E-state index contributed by atoms with van der Waals surface area (Å²) in [5.74, 6) is -3.56. The first kappa shape index (κ1) is 21.1. The van der Waals surface area contributed by atoms with Gasteiger partial charge in [-0.1, -0.05) is 32.4 Å². The van der Waals surface area contributed by atoms with Crippen molar-refractivity contribution in [2.75, 3.05) is 20.3 Å². The number of fused-ring (bicyclic) bond motifs is 1. The molecule has 1 aromatic carbocycles. The number of carbonyl (C=O) groups is 5. The van der Waals surface area contributed by atoms with E-state index in [0.29, 0.717) is 6.42 Å². The highest BCUT2D eigenvalue weighted by atomic mass is 16.5. The number of esters is 2. The highest BCUT2D eigenvalue weighted by Crippen LogP contribution is 2.22. The van der Waals surface area contributed by atoms with Gasteiger partial charge < -0.3 is 14.8 Å². The lowest BCUT2D eigenvalue weighted by atomic mass is 9.99. The van der Waals surface area contributed by atoms with E-state index in [1.165, 1.54) is 19.2 Å². The third-order valence-electron chi connectivity index (χ3n) is 4.51. The minimum Gasteiger partial charge on any atom is -0.467 e. The highest BCUT2D eigenvalue weighted by molar-refractivity contribution is 6.22. The lowest BCUT2D eigenvalue weighted by Gasteiger charge is -2.21. The van der Waals surface area contributed by atoms with Crippen LogP contribution in [0.4, 0.5) is 0 Å². The summed E-state index contributed by atoms with van der Waals surface area (Å²) in [6.45, 7) is 2.38. The Morgan fingerprint density at radius 3 is 2.18 bits per heavy atom. The largest absolute Gasteiger partial charge is 0.467 e. The Hall–Kier alpha value is -3.23. The molecule has 0 radical (unpaired) electrons. The van der Waals surface area contributed by atoms with E-state index in [-0.39, 0.29) is 17.0 Å². The van der Waals surface area contributed by atoms with Crippen molar-refractivity contribution < 1.29 is 33.4 Å². The van der Waals surface area contributed by atoms with Crippen LogP contribution in [0, 0.1) is 5.92 Å². The van der Waals surface area contributed by atoms with E-state index in [1.54, 1.807) is 19.1 Å². The van der Waals surface area contributed by atoms with Crippen LogP contribution in [0.2, 0.25) is 0 Å². The molecule has 1 heterocycles. The summed E-state index contributed by atoms with van der Waals surface area (Å²) >= 11 is 0. The minimum atomic E-state index is -0.914. The van der Waals surface area contributed by atoms with Crippen LogP contribution in [0.15, 0.2) is 24.3 Å². The Bertz CT molecular complexity index is 770. The normalized spacial score (nSPS) is 14.9. The molecule has 0 spiro atoms. The summed E-state index contributed by atoms with van der Waals surface area (Å²) in [7, 11) is 1.21. The standard InChI is InChI=1S/C19H22N2O7/c1-4-11(2)16(19(26)27-3)20-14(22)10-28-15(23)9-21-17(24)12-7-5-6-8-13(12)18(21)25/h5-8,11,16H,4,9-10H2,1-3H3,(H,20,22)/t11-,16-/m1/s1. The summed E-state index contributed by atoms with van der Waals surface area (Å²) in [6.07, 6.45) is 0.625. The first-order chi connectivity index (χ1) is 13.3. The van der Waals surface area contributed by atoms with Crippen molar-refractivity contribution in [1.29, 1.82) is 0 Å². The minimum absolute atomic E-state index is 0.176. The first-order valence-electron chi connectivity index (χ1n) is 8.78. The smallest absolute Gasteiger partial charge is 0.328 e. The van der Waals surface area contributed by atoms with Gasteiger partial charge in [-0.15, -0.1) is 0 Å². The molecule has 1 aliphatic heterocycles. The van der Waals surface area contributed by atoms with Crippen molar-refractivity contribution in [2.45, 2.75) is 26.3 Å². The molecule has 28 heavy (non-hydrogen) atoms. The van der Waals surface area contributed by atoms with Crippen LogP contribution < -0.4 is 5.32 Å². The van der Waals surface area contributed by atoms with Crippen molar-refractivity contribution in [3.63, 3.8) is 0 Å². The van der Waals surface area contributed by atoms with Crippen LogP contribution in [-0.4, -0.2) is 60.9 Å². The molecule has 2 atom stereocenters. The number of benzene rings is 1. The molecule has 0 aromatic heterocycles. The van der Waals surface area contributed by atoms with E-state index in [4.69, 9.17) is 4.74 Å². The van der Waals surface area contributed by atoms with Crippen LogP contribution in [-0.2, 0) is 23.9 Å². The second kappa shape index (κ2) is 9.12. The maximum absolute atomic E-state index is 12.2. The van der Waals surface area contributed by atoms with Crippen LogP contribution in [0.3, 0.4) is 0 Å². The van der Waals surface area contributed by atoms with Gasteiger partial charge in [0.25, 0.3) is 17.7 Å². The zero-order valence-electron chi connectivity index (χ0n) is 15.9. The van der Waals surface area contributed by atoms with E-state index < -0.39 is 48.9 Å². The maximum Gasteiger partial charge on any atom is 0.328 e. The molecule has 150 valence electrons. The van der Waals surface area contributed by atoms with Gasteiger partial charge in [-0.2, -0.15) is 0 Å². The van der Waals surface area contributed by atoms with Crippen LogP contribution in [0.1, 0.15) is 41.0 Å². The summed E-state index contributed by atoms with van der Waals surface area (Å²) in [6, 6.07) is 5.36. The Labute approximate surface area is 162 Å². The lowest BCUT2D eigenvalue weighted by molar-refractivity contribution is -0.151. The van der Waals surface area contributed by atoms with E-state index in [9.17, 15) is 24.0 Å². The number of ether oxygens (including phenoxy) is 2. The van der Waals surface area contributed by atoms with Gasteiger partial charge in [-0.3, -0.25) is 24.1 Å². The van der Waals surface area contributed by atoms with Gasteiger partial charge in [0.2, 0.25) is 0 Å². The average molecular weight is 390 g/mol. The number of methoxy groups -OCH3 is 1. The molecule has 9 nitrogen and oxygen atoms in total. The second-order valence-corrected chi connectivity index (χ2v) is 6.36. The molecule has 1 N–H and O–H groups in total. The summed E-state index contributed by atoms with van der Waals surface area (Å²) < 4.78 is 9.50. The molecular weight excluding hydrogens is 368 g/mol. The molecular formula is C19H22N2O7. The fourth-order valence-electron chi connectivity index (χ4n) is 2.71. The third kappa shape index (κ3) is 4.54. The predicted octanol–water partition coefficient (Wildman–Crippen LogP) is 0.530. The van der Waals surface area contributed by atoms with Gasteiger partial charge in [0, 0.05) is 0 Å². The summed E-state index contributed by atoms with van der Waals surface area (Å²) in [5.41, 5.74) is 0.431. The molecule has 0 unspecified atom stereocenters. The van der Waals surface area contributed by atoms with E-state index in [2.05, 4.69) is 10.1 Å². The second-order valence-electron chi connectivity index (χ2n) is 6.36. The first-order valence-corrected chi connectivity index (χ1v) is 8.78. The molecule has 0 saturated heterocycles. The van der Waals surface area contributed by atoms with Crippen molar-refractivity contribution in [2.24, 2.45) is 5.92 Å². The zero-order chi connectivity index (χ0) is 20.8. The number of hydrogen-bond donors (Lipinski definition) is 1. The molecule has 1 aliphatic rings. The van der Waals surface area contributed by atoms with Gasteiger partial charge >= 0.3 is 11.9 Å². The van der Waals surface area contributed by atoms with Crippen molar-refractivity contribution in [3.05, 3.63) is 35.4 Å². The number of hydrogen-bond acceptors (Lipinski definition) is 7. The fourth-order valence-corrected chi connectivity index (χ4v) is 2.71. The van der Waals surface area contributed by atoms with Gasteiger partial charge in [0.1, 0.15) is 12.6 Å². The van der Waals surface area contributed by atoms with Crippen LogP contribution in [0.5, 0.6) is 0 Å². The topological polar surface area (TPSA) is 119 Å². The predicted molar refractivity (Wildman–Crippen MR) is 96.2 cm³/mol. The van der Waals surface area contributed by atoms with Gasteiger partial charge in [0.15, 0.2) is 6.61 Å². The van der Waals surface area contributed by atoms with E-state index in [0.717, 1.165) is 4.90 Å². The number of nitrogens with one attached hydrogen (secondary N) is 1. The monoisotopic (exact) mass is 390 g/mol. The van der Waals surface area contributed by atoms with Crippen LogP contribution >= 0.6 is 0 Å². The molecule has 9 heteroatoms. The molecule has 1 aromatic rings. The van der Waals surface area contributed by atoms with Crippen molar-refractivity contribution in [1.82, 2.24) is 10.2 Å². The number of carbonyl (C=O) groups excluding carboxylic acids is 5. The van der Waals surface area contributed by atoms with Crippen molar-refractivity contribution >= 4 is 29.7 Å². The van der Waals surface area contributed by atoms with Gasteiger partial charge in [-0.05, 0) is 18.1 Å². The third-order valence-corrected chi connectivity index (χ3v) is 4.51. The Morgan fingerprint density at radius 2 is 1.68 bits per heavy atom. The summed E-state index contributed by atoms with van der Waals surface area (Å²) in [5, 5.41) is 2.46. The Balaban J connectivity index is 1.89. The molecule has 0 bridgehead atoms. The van der Waals surface area contributed by atoms with E-state index in [1.807, 2.05) is 6.92 Å². The Kier molecular flexibility index (Phi) is 6.86. The number of nitrogens with zero attached hydrogens (tertiary/aromatic N) is 1. The lowest BCUT2D eigenvalue weighted by Crippen LogP contribution is -2.47. The average Bonchev–Trinajstić information content (AvgIpc) is 2.94.